The zero-order valence-electron chi connectivity index (χ0n) is 13.4. The number of nitrogens with one attached hydrogen (secondary N) is 2. The first-order chi connectivity index (χ1) is 11.8. The molecule has 1 saturated heterocycles. The summed E-state index contributed by atoms with van der Waals surface area (Å²) in [7, 11) is 0. The fourth-order valence-corrected chi connectivity index (χ4v) is 3.40. The third-order valence-corrected chi connectivity index (χ3v) is 4.80. The number of nitrogens with zero attached hydrogens (tertiary/aromatic N) is 1. The van der Waals surface area contributed by atoms with Gasteiger partial charge in [-0.15, -0.1) is 11.8 Å². The second-order valence-corrected chi connectivity index (χ2v) is 6.65. The largest absolute Gasteiger partial charge is 0.348 e. The molecular weight excluding hydrogens is 318 g/mol. The number of pyridine rings is 1. The Morgan fingerprint density at radius 1 is 1.29 bits per heavy atom. The maximum absolute atomic E-state index is 12.5. The van der Waals surface area contributed by atoms with Crippen LogP contribution in [0.3, 0.4) is 0 Å². The molecule has 0 unspecified atom stereocenters. The molecule has 3 rings (SSSR count). The van der Waals surface area contributed by atoms with E-state index in [9.17, 15) is 4.79 Å². The fraction of sp³-hybridized carbons (Fsp3) is 0.263. The Kier molecular flexibility index (Phi) is 6.04. The standard InChI is InChI=1S/C19H21N3OS/c23-18(22-16-10-12-20-14-16)17-9-4-11-21-19(17)24-13-5-8-15-6-2-1-3-7-15/h1-9,11,16,20H,10,12-14H2,(H,22,23)/b8-5+/t16-/m0/s1. The maximum atomic E-state index is 12.5. The monoisotopic (exact) mass is 339 g/mol. The van der Waals surface area contributed by atoms with Crippen LogP contribution >= 0.6 is 11.8 Å². The molecule has 24 heavy (non-hydrogen) atoms. The minimum absolute atomic E-state index is 0.0358. The molecule has 1 aliphatic heterocycles. The van der Waals surface area contributed by atoms with E-state index in [0.717, 1.165) is 30.3 Å². The molecule has 1 aliphatic rings. The van der Waals surface area contributed by atoms with Crippen molar-refractivity contribution in [2.24, 2.45) is 0 Å². The van der Waals surface area contributed by atoms with E-state index in [4.69, 9.17) is 0 Å². The molecule has 5 heteroatoms. The van der Waals surface area contributed by atoms with Crippen molar-refractivity contribution in [1.82, 2.24) is 15.6 Å². The molecule has 2 aromatic rings. The SMILES string of the molecule is O=C(N[C@H]1CCNC1)c1cccnc1SC/C=C/c1ccccc1. The van der Waals surface area contributed by atoms with Gasteiger partial charge in [0.15, 0.2) is 0 Å². The lowest BCUT2D eigenvalue weighted by molar-refractivity contribution is 0.0936. The minimum Gasteiger partial charge on any atom is -0.348 e. The second-order valence-electron chi connectivity index (χ2n) is 5.64. The highest BCUT2D eigenvalue weighted by molar-refractivity contribution is 7.99. The topological polar surface area (TPSA) is 54.0 Å². The van der Waals surface area contributed by atoms with Gasteiger partial charge in [-0.3, -0.25) is 4.79 Å². The number of hydrogen-bond acceptors (Lipinski definition) is 4. The number of thioether (sulfide) groups is 1. The molecule has 0 radical (unpaired) electrons. The molecule has 1 aromatic heterocycles. The van der Waals surface area contributed by atoms with Gasteiger partial charge in [-0.1, -0.05) is 42.5 Å². The average molecular weight is 339 g/mol. The molecule has 1 fully saturated rings. The fourth-order valence-electron chi connectivity index (χ4n) is 2.60. The van der Waals surface area contributed by atoms with Gasteiger partial charge < -0.3 is 10.6 Å². The first-order valence-corrected chi connectivity index (χ1v) is 9.12. The van der Waals surface area contributed by atoms with Crippen LogP contribution in [-0.4, -0.2) is 35.8 Å². The van der Waals surface area contributed by atoms with Gasteiger partial charge in [0.1, 0.15) is 5.03 Å². The van der Waals surface area contributed by atoms with Crippen LogP contribution in [0, 0.1) is 0 Å². The summed E-state index contributed by atoms with van der Waals surface area (Å²) in [6.07, 6.45) is 6.89. The quantitative estimate of drug-likeness (QED) is 0.795. The van der Waals surface area contributed by atoms with Gasteiger partial charge in [0.25, 0.3) is 5.91 Å². The Labute approximate surface area is 146 Å². The predicted octanol–water partition coefficient (Wildman–Crippen LogP) is 2.98. The van der Waals surface area contributed by atoms with Crippen LogP contribution in [0.4, 0.5) is 0 Å². The van der Waals surface area contributed by atoms with Crippen molar-refractivity contribution in [3.8, 4) is 0 Å². The number of hydrogen-bond donors (Lipinski definition) is 2. The van der Waals surface area contributed by atoms with Crippen molar-refractivity contribution in [2.75, 3.05) is 18.8 Å². The summed E-state index contributed by atoms with van der Waals surface area (Å²) in [6, 6.07) is 14.0. The van der Waals surface area contributed by atoms with Gasteiger partial charge >= 0.3 is 0 Å². The lowest BCUT2D eigenvalue weighted by atomic mass is 10.2. The van der Waals surface area contributed by atoms with E-state index < -0.39 is 0 Å². The molecule has 4 nitrogen and oxygen atoms in total. The van der Waals surface area contributed by atoms with Crippen LogP contribution in [0.2, 0.25) is 0 Å². The highest BCUT2D eigenvalue weighted by Crippen LogP contribution is 2.20. The van der Waals surface area contributed by atoms with Gasteiger partial charge in [-0.2, -0.15) is 0 Å². The van der Waals surface area contributed by atoms with E-state index >= 15 is 0 Å². The molecule has 1 atom stereocenters. The summed E-state index contributed by atoms with van der Waals surface area (Å²) in [5.41, 5.74) is 1.83. The Balaban J connectivity index is 1.59. The van der Waals surface area contributed by atoms with E-state index in [1.165, 1.54) is 5.56 Å². The molecule has 0 bridgehead atoms. The summed E-state index contributed by atoms with van der Waals surface area (Å²) in [5.74, 6) is 0.739. The molecule has 1 amide bonds. The number of rotatable bonds is 6. The highest BCUT2D eigenvalue weighted by Gasteiger charge is 2.19. The van der Waals surface area contributed by atoms with E-state index in [1.807, 2.05) is 30.3 Å². The highest BCUT2D eigenvalue weighted by atomic mass is 32.2. The Morgan fingerprint density at radius 2 is 2.17 bits per heavy atom. The minimum atomic E-state index is -0.0358. The molecule has 1 aromatic carbocycles. The van der Waals surface area contributed by atoms with E-state index in [2.05, 4.69) is 39.9 Å². The zero-order chi connectivity index (χ0) is 16.6. The summed E-state index contributed by atoms with van der Waals surface area (Å²) in [4.78, 5) is 16.8. The van der Waals surface area contributed by atoms with Crippen molar-refractivity contribution in [3.63, 3.8) is 0 Å². The van der Waals surface area contributed by atoms with Crippen molar-refractivity contribution < 1.29 is 4.79 Å². The maximum Gasteiger partial charge on any atom is 0.254 e. The van der Waals surface area contributed by atoms with Crippen LogP contribution in [0.1, 0.15) is 22.3 Å². The number of carbonyl (C=O) groups excluding carboxylic acids is 1. The lowest BCUT2D eigenvalue weighted by Crippen LogP contribution is -2.36. The summed E-state index contributed by atoms with van der Waals surface area (Å²) in [5, 5.41) is 7.11. The zero-order valence-corrected chi connectivity index (χ0v) is 14.3. The predicted molar refractivity (Wildman–Crippen MR) is 99.2 cm³/mol. The number of benzene rings is 1. The number of amides is 1. The molecule has 2 N–H and O–H groups in total. The van der Waals surface area contributed by atoms with Crippen LogP contribution in [0.15, 0.2) is 59.8 Å². The van der Waals surface area contributed by atoms with Crippen molar-refractivity contribution in [1.29, 1.82) is 0 Å². The van der Waals surface area contributed by atoms with Crippen LogP contribution in [0.5, 0.6) is 0 Å². The summed E-state index contributed by atoms with van der Waals surface area (Å²) in [6.45, 7) is 1.80. The molecule has 0 spiro atoms. The third-order valence-electron chi connectivity index (χ3n) is 3.84. The van der Waals surface area contributed by atoms with Gasteiger partial charge in [-0.25, -0.2) is 4.98 Å². The van der Waals surface area contributed by atoms with Gasteiger partial charge in [-0.05, 0) is 30.7 Å². The van der Waals surface area contributed by atoms with Crippen LogP contribution < -0.4 is 10.6 Å². The third kappa shape index (κ3) is 4.69. The number of carbonyl (C=O) groups is 1. The Bertz CT molecular complexity index is 697. The molecule has 2 heterocycles. The first-order valence-electron chi connectivity index (χ1n) is 8.14. The molecular formula is C19H21N3OS. The first kappa shape index (κ1) is 16.7. The Hall–Kier alpha value is -2.11. The lowest BCUT2D eigenvalue weighted by Gasteiger charge is -2.12. The Morgan fingerprint density at radius 3 is 2.96 bits per heavy atom. The van der Waals surface area contributed by atoms with Gasteiger partial charge in [0, 0.05) is 24.5 Å². The van der Waals surface area contributed by atoms with E-state index in [-0.39, 0.29) is 11.9 Å². The van der Waals surface area contributed by atoms with E-state index in [1.54, 1.807) is 18.0 Å². The van der Waals surface area contributed by atoms with Crippen LogP contribution in [-0.2, 0) is 0 Å². The van der Waals surface area contributed by atoms with Crippen molar-refractivity contribution >= 4 is 23.7 Å². The molecule has 0 saturated carbocycles. The average Bonchev–Trinajstić information content (AvgIpc) is 3.13. The second kappa shape index (κ2) is 8.66. The number of aromatic nitrogens is 1. The van der Waals surface area contributed by atoms with Crippen molar-refractivity contribution in [2.45, 2.75) is 17.5 Å². The van der Waals surface area contributed by atoms with Crippen molar-refractivity contribution in [3.05, 3.63) is 65.9 Å². The molecule has 0 aliphatic carbocycles. The van der Waals surface area contributed by atoms with Gasteiger partial charge in [0.05, 0.1) is 5.56 Å². The van der Waals surface area contributed by atoms with Gasteiger partial charge in [0.2, 0.25) is 0 Å². The summed E-state index contributed by atoms with van der Waals surface area (Å²) < 4.78 is 0. The van der Waals surface area contributed by atoms with E-state index in [0.29, 0.717) is 5.56 Å². The molecule has 124 valence electrons. The summed E-state index contributed by atoms with van der Waals surface area (Å²) >= 11 is 1.58. The van der Waals surface area contributed by atoms with Crippen LogP contribution in [0.25, 0.3) is 6.08 Å². The normalized spacial score (nSPS) is 17.2. The smallest absolute Gasteiger partial charge is 0.254 e.